The lowest BCUT2D eigenvalue weighted by atomic mass is 9.97. The first-order chi connectivity index (χ1) is 14.5. The molecule has 0 unspecified atom stereocenters. The van der Waals surface area contributed by atoms with Crippen molar-refractivity contribution in [1.29, 1.82) is 0 Å². The molecule has 6 nitrogen and oxygen atoms in total. The fourth-order valence-electron chi connectivity index (χ4n) is 3.62. The van der Waals surface area contributed by atoms with Crippen molar-refractivity contribution in [3.05, 3.63) is 45.1 Å². The minimum Gasteiger partial charge on any atom is -0.494 e. The van der Waals surface area contributed by atoms with Crippen LogP contribution >= 0.6 is 23.1 Å². The molecule has 1 aliphatic carbocycles. The zero-order valence-corrected chi connectivity index (χ0v) is 19.1. The number of thiophene rings is 1. The Labute approximate surface area is 183 Å². The first-order valence-electron chi connectivity index (χ1n) is 10.1. The van der Waals surface area contributed by atoms with Crippen LogP contribution in [0.3, 0.4) is 0 Å². The molecule has 0 radical (unpaired) electrons. The summed E-state index contributed by atoms with van der Waals surface area (Å²) >= 11 is 2.93. The van der Waals surface area contributed by atoms with Crippen LogP contribution in [0.15, 0.2) is 34.2 Å². The number of aryl methyl sites for hydroxylation is 2. The number of amides is 1. The van der Waals surface area contributed by atoms with Gasteiger partial charge in [-0.05, 0) is 62.4 Å². The highest BCUT2D eigenvalue weighted by Crippen LogP contribution is 2.35. The highest BCUT2D eigenvalue weighted by atomic mass is 32.2. The third-order valence-corrected chi connectivity index (χ3v) is 7.30. The highest BCUT2D eigenvalue weighted by Gasteiger charge is 2.23. The van der Waals surface area contributed by atoms with Gasteiger partial charge >= 0.3 is 0 Å². The van der Waals surface area contributed by atoms with E-state index in [9.17, 15) is 9.59 Å². The monoisotopic (exact) mass is 443 g/mol. The summed E-state index contributed by atoms with van der Waals surface area (Å²) in [5, 5.41) is 1.29. The van der Waals surface area contributed by atoms with E-state index in [1.54, 1.807) is 34.9 Å². The Kier molecular flexibility index (Phi) is 6.15. The average molecular weight is 444 g/mol. The van der Waals surface area contributed by atoms with Crippen molar-refractivity contribution in [2.24, 2.45) is 0 Å². The van der Waals surface area contributed by atoms with Crippen LogP contribution in [0.1, 0.15) is 30.2 Å². The van der Waals surface area contributed by atoms with Gasteiger partial charge in [0.25, 0.3) is 5.56 Å². The van der Waals surface area contributed by atoms with Gasteiger partial charge in [0, 0.05) is 19.0 Å². The van der Waals surface area contributed by atoms with E-state index in [2.05, 4.69) is 0 Å². The van der Waals surface area contributed by atoms with Gasteiger partial charge < -0.3 is 9.64 Å². The molecule has 8 heteroatoms. The molecule has 0 saturated heterocycles. The van der Waals surface area contributed by atoms with Crippen molar-refractivity contribution < 1.29 is 9.53 Å². The maximum absolute atomic E-state index is 13.7. The van der Waals surface area contributed by atoms with Crippen LogP contribution in [0.2, 0.25) is 0 Å². The van der Waals surface area contributed by atoms with Crippen LogP contribution in [-0.2, 0) is 17.6 Å². The number of thioether (sulfide) groups is 1. The number of fused-ring (bicyclic) bond motifs is 3. The lowest BCUT2D eigenvalue weighted by Crippen LogP contribution is -2.25. The summed E-state index contributed by atoms with van der Waals surface area (Å²) in [6.07, 6.45) is 4.21. The summed E-state index contributed by atoms with van der Waals surface area (Å²) in [5.74, 6) is 0.971. The van der Waals surface area contributed by atoms with Gasteiger partial charge in [-0.2, -0.15) is 0 Å². The van der Waals surface area contributed by atoms with Crippen molar-refractivity contribution in [2.75, 3.05) is 26.5 Å². The lowest BCUT2D eigenvalue weighted by molar-refractivity contribution is -0.125. The number of hydrogen-bond donors (Lipinski definition) is 0. The van der Waals surface area contributed by atoms with E-state index in [4.69, 9.17) is 9.72 Å². The van der Waals surface area contributed by atoms with Crippen molar-refractivity contribution in [3.63, 3.8) is 0 Å². The molecule has 2 heterocycles. The molecule has 0 spiro atoms. The molecule has 158 valence electrons. The van der Waals surface area contributed by atoms with Crippen molar-refractivity contribution in [2.45, 2.75) is 37.8 Å². The topological polar surface area (TPSA) is 64.4 Å². The maximum Gasteiger partial charge on any atom is 0.267 e. The Balaban J connectivity index is 1.85. The molecule has 3 aromatic rings. The largest absolute Gasteiger partial charge is 0.494 e. The Morgan fingerprint density at radius 1 is 1.23 bits per heavy atom. The standard InChI is InChI=1S/C22H25N3O3S2/c1-4-28-15-11-9-14(10-12-15)25-21(27)19-16-7-5-6-8-17(16)30-20(19)23-22(25)29-13-18(26)24(2)3/h9-12H,4-8,13H2,1-3H3. The predicted molar refractivity (Wildman–Crippen MR) is 122 cm³/mol. The summed E-state index contributed by atoms with van der Waals surface area (Å²) in [7, 11) is 3.46. The summed E-state index contributed by atoms with van der Waals surface area (Å²) in [4.78, 5) is 34.3. The van der Waals surface area contributed by atoms with Crippen LogP contribution in [0.4, 0.5) is 0 Å². The zero-order chi connectivity index (χ0) is 21.3. The van der Waals surface area contributed by atoms with Crippen molar-refractivity contribution >= 4 is 39.2 Å². The average Bonchev–Trinajstić information content (AvgIpc) is 3.11. The number of carbonyl (C=O) groups excluding carboxylic acids is 1. The van der Waals surface area contributed by atoms with Gasteiger partial charge in [0.05, 0.1) is 23.4 Å². The van der Waals surface area contributed by atoms with E-state index in [0.29, 0.717) is 11.8 Å². The Hall–Kier alpha value is -2.32. The molecule has 0 fully saturated rings. The van der Waals surface area contributed by atoms with Crippen LogP contribution in [0.25, 0.3) is 15.9 Å². The van der Waals surface area contributed by atoms with Gasteiger partial charge in [-0.3, -0.25) is 14.2 Å². The quantitative estimate of drug-likeness (QED) is 0.427. The lowest BCUT2D eigenvalue weighted by Gasteiger charge is -2.15. The van der Waals surface area contributed by atoms with E-state index in [-0.39, 0.29) is 17.2 Å². The summed E-state index contributed by atoms with van der Waals surface area (Å²) in [5.41, 5.74) is 1.84. The minimum atomic E-state index is -0.0524. The van der Waals surface area contributed by atoms with Crippen molar-refractivity contribution in [3.8, 4) is 11.4 Å². The smallest absolute Gasteiger partial charge is 0.267 e. The van der Waals surface area contributed by atoms with Crippen LogP contribution < -0.4 is 10.3 Å². The van der Waals surface area contributed by atoms with E-state index in [1.807, 2.05) is 31.2 Å². The zero-order valence-electron chi connectivity index (χ0n) is 17.4. The molecule has 0 atom stereocenters. The molecule has 0 saturated carbocycles. The second kappa shape index (κ2) is 8.81. The van der Waals surface area contributed by atoms with Crippen LogP contribution in [-0.4, -0.2) is 46.8 Å². The molecule has 1 amide bonds. The SMILES string of the molecule is CCOc1ccc(-n2c(SCC(=O)N(C)C)nc3sc4c(c3c2=O)CCCC4)cc1. The summed E-state index contributed by atoms with van der Waals surface area (Å²) < 4.78 is 7.18. The molecule has 1 aliphatic rings. The predicted octanol–water partition coefficient (Wildman–Crippen LogP) is 3.91. The maximum atomic E-state index is 13.7. The first-order valence-corrected chi connectivity index (χ1v) is 11.9. The Morgan fingerprint density at radius 3 is 2.67 bits per heavy atom. The minimum absolute atomic E-state index is 0.0157. The van der Waals surface area contributed by atoms with E-state index < -0.39 is 0 Å². The second-order valence-electron chi connectivity index (χ2n) is 7.43. The summed E-state index contributed by atoms with van der Waals surface area (Å²) in [6, 6.07) is 7.46. The number of aromatic nitrogens is 2. The molecule has 0 aliphatic heterocycles. The number of rotatable bonds is 6. The molecular weight excluding hydrogens is 418 g/mol. The van der Waals surface area contributed by atoms with E-state index >= 15 is 0 Å². The van der Waals surface area contributed by atoms with Gasteiger partial charge in [-0.15, -0.1) is 11.3 Å². The number of nitrogens with zero attached hydrogens (tertiary/aromatic N) is 3. The van der Waals surface area contributed by atoms with E-state index in [1.165, 1.54) is 22.2 Å². The van der Waals surface area contributed by atoms with Gasteiger partial charge in [0.2, 0.25) is 5.91 Å². The fraction of sp³-hybridized carbons (Fsp3) is 0.409. The van der Waals surface area contributed by atoms with Gasteiger partial charge in [-0.1, -0.05) is 11.8 Å². The van der Waals surface area contributed by atoms with Gasteiger partial charge in [0.15, 0.2) is 5.16 Å². The fourth-order valence-corrected chi connectivity index (χ4v) is 5.92. The first kappa shape index (κ1) is 20.9. The Bertz CT molecular complexity index is 1130. The molecule has 2 aromatic heterocycles. The van der Waals surface area contributed by atoms with Gasteiger partial charge in [0.1, 0.15) is 10.6 Å². The third kappa shape index (κ3) is 3.98. The molecule has 30 heavy (non-hydrogen) atoms. The molecular formula is C22H25N3O3S2. The normalized spacial score (nSPS) is 13.3. The number of ether oxygens (including phenoxy) is 1. The van der Waals surface area contributed by atoms with Crippen LogP contribution in [0, 0.1) is 0 Å². The van der Waals surface area contributed by atoms with E-state index in [0.717, 1.165) is 47.3 Å². The van der Waals surface area contributed by atoms with Crippen molar-refractivity contribution in [1.82, 2.24) is 14.5 Å². The molecule has 4 rings (SSSR count). The molecule has 0 bridgehead atoms. The highest BCUT2D eigenvalue weighted by molar-refractivity contribution is 7.99. The Morgan fingerprint density at radius 2 is 1.97 bits per heavy atom. The van der Waals surface area contributed by atoms with Gasteiger partial charge in [-0.25, -0.2) is 4.98 Å². The molecule has 1 aromatic carbocycles. The second-order valence-corrected chi connectivity index (χ2v) is 9.46. The third-order valence-electron chi connectivity index (χ3n) is 5.19. The summed E-state index contributed by atoms with van der Waals surface area (Å²) in [6.45, 7) is 2.52. The number of hydrogen-bond acceptors (Lipinski definition) is 6. The number of benzene rings is 1. The van der Waals surface area contributed by atoms with Crippen LogP contribution in [0.5, 0.6) is 5.75 Å². The number of carbonyl (C=O) groups is 1. The molecule has 0 N–H and O–H groups in total.